The molecule has 11 nitrogen and oxygen atoms in total. The van der Waals surface area contributed by atoms with Gasteiger partial charge in [-0.05, 0) is 34.6 Å². The molecular weight excluding hydrogens is 428 g/mol. The number of carbonyl (C=O) groups excluding carboxylic acids is 1. The highest BCUT2D eigenvalue weighted by Gasteiger charge is 2.59. The highest BCUT2D eigenvalue weighted by molar-refractivity contribution is 5.70. The molecule has 0 bridgehead atoms. The van der Waals surface area contributed by atoms with Gasteiger partial charge < -0.3 is 47.4 Å². The minimum Gasteiger partial charge on any atom is -0.462 e. The van der Waals surface area contributed by atoms with Crippen LogP contribution in [0.4, 0.5) is 0 Å². The first-order valence-corrected chi connectivity index (χ1v) is 10.9. The van der Waals surface area contributed by atoms with E-state index in [9.17, 15) is 4.79 Å². The Morgan fingerprint density at radius 3 is 2.41 bits per heavy atom. The van der Waals surface area contributed by atoms with Gasteiger partial charge in [0.05, 0.1) is 26.4 Å². The van der Waals surface area contributed by atoms with Crippen molar-refractivity contribution in [1.82, 2.24) is 0 Å². The summed E-state index contributed by atoms with van der Waals surface area (Å²) in [6.07, 6.45) is -2.82. The lowest BCUT2D eigenvalue weighted by Gasteiger charge is -2.27. The summed E-state index contributed by atoms with van der Waals surface area (Å²) in [6.45, 7) is 10.4. The van der Waals surface area contributed by atoms with Crippen LogP contribution in [-0.4, -0.2) is 101 Å². The van der Waals surface area contributed by atoms with Gasteiger partial charge in [0.1, 0.15) is 37.6 Å². The average Bonchev–Trinajstić information content (AvgIpc) is 3.33. The number of rotatable bonds is 12. The van der Waals surface area contributed by atoms with Crippen molar-refractivity contribution in [2.75, 3.05) is 46.8 Å². The standard InChI is InChI=1S/C21H36O11/c1-13(25-9-10-26-15(22)12-24-8-7-23-6)28-19-18-17(31-21(4,5)32-18)16(29-19)14-11-27-20(2,3)30-14/h13-14,16-19H,7-12H2,1-6H3/t13?,14?,16-,17+,18+,19?/m1/s1. The largest absolute Gasteiger partial charge is 0.462 e. The molecule has 0 aromatic carbocycles. The smallest absolute Gasteiger partial charge is 0.332 e. The van der Waals surface area contributed by atoms with E-state index < -0.39 is 42.3 Å². The third kappa shape index (κ3) is 7.05. The minimum absolute atomic E-state index is 0.0787. The van der Waals surface area contributed by atoms with Gasteiger partial charge in [0.2, 0.25) is 0 Å². The van der Waals surface area contributed by atoms with Gasteiger partial charge in [-0.25, -0.2) is 4.79 Å². The summed E-state index contributed by atoms with van der Waals surface area (Å²) in [4.78, 5) is 11.6. The van der Waals surface area contributed by atoms with Crippen molar-refractivity contribution >= 4 is 5.97 Å². The van der Waals surface area contributed by atoms with E-state index in [2.05, 4.69) is 0 Å². The molecule has 11 heteroatoms. The lowest BCUT2D eigenvalue weighted by atomic mass is 10.1. The molecule has 3 rings (SSSR count). The zero-order valence-electron chi connectivity index (χ0n) is 19.7. The molecule has 6 atom stereocenters. The van der Waals surface area contributed by atoms with Crippen LogP contribution in [0.25, 0.3) is 0 Å². The quantitative estimate of drug-likeness (QED) is 0.234. The van der Waals surface area contributed by atoms with Crippen LogP contribution in [0.1, 0.15) is 34.6 Å². The first-order chi connectivity index (χ1) is 15.1. The molecule has 3 heterocycles. The molecule has 0 aliphatic carbocycles. The van der Waals surface area contributed by atoms with Crippen molar-refractivity contribution in [2.24, 2.45) is 0 Å². The fourth-order valence-corrected chi connectivity index (χ4v) is 3.81. The molecule has 0 aromatic heterocycles. The predicted molar refractivity (Wildman–Crippen MR) is 108 cm³/mol. The summed E-state index contributed by atoms with van der Waals surface area (Å²) in [5.41, 5.74) is 0. The number of hydrogen-bond donors (Lipinski definition) is 0. The molecule has 3 unspecified atom stereocenters. The van der Waals surface area contributed by atoms with Crippen LogP contribution in [0.15, 0.2) is 0 Å². The van der Waals surface area contributed by atoms with Gasteiger partial charge in [0.15, 0.2) is 24.2 Å². The number of hydrogen-bond acceptors (Lipinski definition) is 11. The van der Waals surface area contributed by atoms with Crippen LogP contribution >= 0.6 is 0 Å². The average molecular weight is 465 g/mol. The lowest BCUT2D eigenvalue weighted by Crippen LogP contribution is -2.40. The van der Waals surface area contributed by atoms with E-state index in [1.54, 1.807) is 14.0 Å². The second-order valence-electron chi connectivity index (χ2n) is 8.74. The van der Waals surface area contributed by atoms with Crippen molar-refractivity contribution in [3.8, 4) is 0 Å². The summed E-state index contributed by atoms with van der Waals surface area (Å²) in [7, 11) is 1.56. The van der Waals surface area contributed by atoms with Gasteiger partial charge in [-0.3, -0.25) is 0 Å². The topological polar surface area (TPSA) is 109 Å². The van der Waals surface area contributed by atoms with Crippen molar-refractivity contribution < 1.29 is 52.2 Å². The van der Waals surface area contributed by atoms with E-state index >= 15 is 0 Å². The number of methoxy groups -OCH3 is 1. The van der Waals surface area contributed by atoms with Gasteiger partial charge in [-0.15, -0.1) is 0 Å². The first kappa shape index (κ1) is 25.7. The number of fused-ring (bicyclic) bond motifs is 1. The Morgan fingerprint density at radius 1 is 0.969 bits per heavy atom. The normalized spacial score (nSPS) is 33.9. The van der Waals surface area contributed by atoms with Crippen LogP contribution in [0.3, 0.4) is 0 Å². The predicted octanol–water partition coefficient (Wildman–Crippen LogP) is 0.968. The van der Waals surface area contributed by atoms with E-state index in [4.69, 9.17) is 47.4 Å². The first-order valence-electron chi connectivity index (χ1n) is 10.9. The Morgan fingerprint density at radius 2 is 1.72 bits per heavy atom. The molecule has 0 amide bonds. The van der Waals surface area contributed by atoms with Gasteiger partial charge >= 0.3 is 5.97 Å². The number of esters is 1. The summed E-state index contributed by atoms with van der Waals surface area (Å²) in [5, 5.41) is 0. The van der Waals surface area contributed by atoms with Gasteiger partial charge in [0, 0.05) is 7.11 Å². The van der Waals surface area contributed by atoms with Crippen LogP contribution in [0.5, 0.6) is 0 Å². The summed E-state index contributed by atoms with van der Waals surface area (Å²) >= 11 is 0. The molecule has 0 N–H and O–H groups in total. The van der Waals surface area contributed by atoms with Crippen molar-refractivity contribution in [3.05, 3.63) is 0 Å². The van der Waals surface area contributed by atoms with Crippen LogP contribution in [0, 0.1) is 0 Å². The fraction of sp³-hybridized carbons (Fsp3) is 0.952. The third-order valence-corrected chi connectivity index (χ3v) is 5.12. The maximum Gasteiger partial charge on any atom is 0.332 e. The maximum atomic E-state index is 11.6. The molecule has 3 aliphatic rings. The van der Waals surface area contributed by atoms with E-state index in [0.29, 0.717) is 19.8 Å². The Balaban J connectivity index is 1.42. The Labute approximate surface area is 188 Å². The van der Waals surface area contributed by atoms with Gasteiger partial charge in [0.25, 0.3) is 0 Å². The van der Waals surface area contributed by atoms with E-state index in [1.165, 1.54) is 0 Å². The summed E-state index contributed by atoms with van der Waals surface area (Å²) < 4.78 is 56.4. The Kier molecular flexibility index (Phi) is 8.86. The van der Waals surface area contributed by atoms with Crippen molar-refractivity contribution in [3.63, 3.8) is 0 Å². The molecule has 0 aromatic rings. The highest BCUT2D eigenvalue weighted by atomic mass is 16.8. The summed E-state index contributed by atoms with van der Waals surface area (Å²) in [5.74, 6) is -1.92. The molecule has 0 spiro atoms. The monoisotopic (exact) mass is 464 g/mol. The van der Waals surface area contributed by atoms with Crippen LogP contribution in [-0.2, 0) is 52.2 Å². The molecule has 3 saturated heterocycles. The van der Waals surface area contributed by atoms with Crippen LogP contribution < -0.4 is 0 Å². The molecule has 32 heavy (non-hydrogen) atoms. The van der Waals surface area contributed by atoms with Crippen LogP contribution in [0.2, 0.25) is 0 Å². The minimum atomic E-state index is -0.766. The van der Waals surface area contributed by atoms with Crippen molar-refractivity contribution in [2.45, 2.75) is 83.2 Å². The molecular formula is C21H36O11. The zero-order chi connectivity index (χ0) is 23.4. The molecule has 3 aliphatic heterocycles. The molecule has 0 saturated carbocycles. The Bertz CT molecular complexity index is 611. The van der Waals surface area contributed by atoms with Crippen molar-refractivity contribution in [1.29, 1.82) is 0 Å². The van der Waals surface area contributed by atoms with Gasteiger partial charge in [-0.1, -0.05) is 0 Å². The highest BCUT2D eigenvalue weighted by Crippen LogP contribution is 2.42. The maximum absolute atomic E-state index is 11.6. The second kappa shape index (κ2) is 11.0. The SMILES string of the molecule is COCCOCC(=O)OCCOC(C)OC1O[C@H](C2COC(C)(C)O2)[C@@H]2OC(C)(C)O[C@H]12. The van der Waals surface area contributed by atoms with E-state index in [-0.39, 0.29) is 32.0 Å². The Hall–Kier alpha value is -0.890. The summed E-state index contributed by atoms with van der Waals surface area (Å²) in [6, 6.07) is 0. The lowest BCUT2D eigenvalue weighted by molar-refractivity contribution is -0.285. The van der Waals surface area contributed by atoms with E-state index in [0.717, 1.165) is 0 Å². The van der Waals surface area contributed by atoms with Gasteiger partial charge in [-0.2, -0.15) is 0 Å². The fourth-order valence-electron chi connectivity index (χ4n) is 3.81. The number of carbonyl (C=O) groups is 1. The third-order valence-electron chi connectivity index (χ3n) is 5.12. The number of ether oxygens (including phenoxy) is 10. The molecule has 0 radical (unpaired) electrons. The van der Waals surface area contributed by atoms with E-state index in [1.807, 2.05) is 27.7 Å². The molecule has 186 valence electrons. The second-order valence-corrected chi connectivity index (χ2v) is 8.74. The zero-order valence-corrected chi connectivity index (χ0v) is 19.7. The molecule has 3 fully saturated rings.